The number of thiophene rings is 1. The second kappa shape index (κ2) is 6.61. The first kappa shape index (κ1) is 17.6. The SMILES string of the molecule is Cc1sc2nc([C@@H](C)OC(=O)c3cc(Br)ccc3O)[nH]c(=O)c2c1C. The highest BCUT2D eigenvalue weighted by atomic mass is 79.9. The van der Waals surface area contributed by atoms with Crippen LogP contribution < -0.4 is 5.56 Å². The Balaban J connectivity index is 1.92. The third-order valence-electron chi connectivity index (χ3n) is 3.90. The first-order valence-electron chi connectivity index (χ1n) is 7.47. The number of hydrogen-bond donors (Lipinski definition) is 2. The standard InChI is InChI=1S/C17H15BrN2O4S/c1-7-9(3)25-16-13(7)15(22)19-14(20-16)8(2)24-17(23)11-6-10(18)4-5-12(11)21/h4-6,8,21H,1-3H3,(H,19,20,22)/t8-/m1/s1. The van der Waals surface area contributed by atoms with Crippen LogP contribution in [0.15, 0.2) is 27.5 Å². The lowest BCUT2D eigenvalue weighted by Gasteiger charge is -2.13. The number of nitrogens with zero attached hydrogens (tertiary/aromatic N) is 1. The monoisotopic (exact) mass is 422 g/mol. The lowest BCUT2D eigenvalue weighted by atomic mass is 10.2. The minimum Gasteiger partial charge on any atom is -0.507 e. The van der Waals surface area contributed by atoms with Crippen LogP contribution in [0, 0.1) is 13.8 Å². The number of phenolic OH excluding ortho intramolecular Hbond substituents is 1. The third-order valence-corrected chi connectivity index (χ3v) is 5.50. The molecule has 2 aromatic heterocycles. The zero-order chi connectivity index (χ0) is 18.3. The molecule has 0 spiro atoms. The summed E-state index contributed by atoms with van der Waals surface area (Å²) in [7, 11) is 0. The van der Waals surface area contributed by atoms with Gasteiger partial charge in [0.2, 0.25) is 0 Å². The normalized spacial score (nSPS) is 12.3. The molecule has 1 aromatic carbocycles. The quantitative estimate of drug-likeness (QED) is 0.622. The number of aromatic nitrogens is 2. The number of aromatic amines is 1. The van der Waals surface area contributed by atoms with Crippen LogP contribution in [0.5, 0.6) is 5.75 Å². The number of esters is 1. The molecule has 0 saturated carbocycles. The van der Waals surface area contributed by atoms with Gasteiger partial charge in [-0.25, -0.2) is 9.78 Å². The second-order valence-corrected chi connectivity index (χ2v) is 7.74. The van der Waals surface area contributed by atoms with Crippen molar-refractivity contribution < 1.29 is 14.6 Å². The Bertz CT molecular complexity index is 1040. The number of halogens is 1. The molecule has 3 aromatic rings. The minimum atomic E-state index is -0.773. The summed E-state index contributed by atoms with van der Waals surface area (Å²) < 4.78 is 5.99. The molecule has 0 fully saturated rings. The Kier molecular flexibility index (Phi) is 4.66. The van der Waals surface area contributed by atoms with Gasteiger partial charge in [-0.15, -0.1) is 11.3 Å². The molecule has 0 unspecified atom stereocenters. The van der Waals surface area contributed by atoms with Crippen molar-refractivity contribution in [3.8, 4) is 5.75 Å². The van der Waals surface area contributed by atoms with E-state index >= 15 is 0 Å². The summed E-state index contributed by atoms with van der Waals surface area (Å²) >= 11 is 4.67. The van der Waals surface area contributed by atoms with E-state index in [1.165, 1.54) is 23.5 Å². The van der Waals surface area contributed by atoms with Crippen molar-refractivity contribution in [2.45, 2.75) is 26.9 Å². The molecule has 0 aliphatic heterocycles. The third kappa shape index (κ3) is 3.32. The van der Waals surface area contributed by atoms with Crippen LogP contribution in [-0.4, -0.2) is 21.0 Å². The molecular formula is C17H15BrN2O4S. The minimum absolute atomic E-state index is 0.0347. The number of aromatic hydroxyl groups is 1. The summed E-state index contributed by atoms with van der Waals surface area (Å²) in [5.41, 5.74) is 0.687. The van der Waals surface area contributed by atoms with Gasteiger partial charge in [-0.2, -0.15) is 0 Å². The number of H-pyrrole nitrogens is 1. The number of fused-ring (bicyclic) bond motifs is 1. The first-order chi connectivity index (χ1) is 11.8. The maximum atomic E-state index is 12.3. The molecule has 0 bridgehead atoms. The van der Waals surface area contributed by atoms with E-state index in [-0.39, 0.29) is 22.7 Å². The van der Waals surface area contributed by atoms with Crippen LogP contribution in [0.25, 0.3) is 10.2 Å². The summed E-state index contributed by atoms with van der Waals surface area (Å²) in [4.78, 5) is 33.3. The number of hydrogen-bond acceptors (Lipinski definition) is 6. The van der Waals surface area contributed by atoms with Crippen molar-refractivity contribution in [3.05, 3.63) is 54.9 Å². The second-order valence-electron chi connectivity index (χ2n) is 5.62. The van der Waals surface area contributed by atoms with E-state index in [0.29, 0.717) is 14.7 Å². The van der Waals surface area contributed by atoms with Gasteiger partial charge in [-0.1, -0.05) is 15.9 Å². The smallest absolute Gasteiger partial charge is 0.342 e. The average molecular weight is 423 g/mol. The summed E-state index contributed by atoms with van der Waals surface area (Å²) in [6, 6.07) is 4.48. The largest absolute Gasteiger partial charge is 0.507 e. The Hall–Kier alpha value is -2.19. The van der Waals surface area contributed by atoms with Gasteiger partial charge in [0.25, 0.3) is 5.56 Å². The number of phenols is 1. The Morgan fingerprint density at radius 3 is 2.84 bits per heavy atom. The Morgan fingerprint density at radius 1 is 1.40 bits per heavy atom. The van der Waals surface area contributed by atoms with E-state index in [4.69, 9.17) is 4.74 Å². The fourth-order valence-corrected chi connectivity index (χ4v) is 3.81. The van der Waals surface area contributed by atoms with E-state index in [0.717, 1.165) is 10.4 Å². The van der Waals surface area contributed by atoms with Gasteiger partial charge in [-0.05, 0) is 44.5 Å². The summed E-state index contributed by atoms with van der Waals surface area (Å²) in [5.74, 6) is -0.615. The predicted octanol–water partition coefficient (Wildman–Crippen LogP) is 3.99. The van der Waals surface area contributed by atoms with Gasteiger partial charge in [0, 0.05) is 9.35 Å². The number of nitrogens with one attached hydrogen (secondary N) is 1. The maximum absolute atomic E-state index is 12.3. The Morgan fingerprint density at radius 2 is 2.12 bits per heavy atom. The van der Waals surface area contributed by atoms with E-state index in [2.05, 4.69) is 25.9 Å². The van der Waals surface area contributed by atoms with Gasteiger partial charge in [0.1, 0.15) is 16.1 Å². The van der Waals surface area contributed by atoms with Crippen molar-refractivity contribution in [3.63, 3.8) is 0 Å². The number of benzene rings is 1. The van der Waals surface area contributed by atoms with Crippen LogP contribution in [0.3, 0.4) is 0 Å². The van der Waals surface area contributed by atoms with Gasteiger partial charge < -0.3 is 14.8 Å². The first-order valence-corrected chi connectivity index (χ1v) is 9.08. The molecule has 25 heavy (non-hydrogen) atoms. The van der Waals surface area contributed by atoms with Crippen LogP contribution in [-0.2, 0) is 4.74 Å². The molecule has 0 aliphatic carbocycles. The fourth-order valence-electron chi connectivity index (χ4n) is 2.42. The molecule has 0 saturated heterocycles. The van der Waals surface area contributed by atoms with E-state index in [1.54, 1.807) is 13.0 Å². The lowest BCUT2D eigenvalue weighted by molar-refractivity contribution is 0.0317. The number of carbonyl (C=O) groups is 1. The molecule has 0 amide bonds. The summed E-state index contributed by atoms with van der Waals surface area (Å²) in [5, 5.41) is 10.4. The molecule has 6 nitrogen and oxygen atoms in total. The number of aryl methyl sites for hydroxylation is 2. The number of carbonyl (C=O) groups excluding carboxylic acids is 1. The number of rotatable bonds is 3. The van der Waals surface area contributed by atoms with Crippen LogP contribution >= 0.6 is 27.3 Å². The molecule has 1 atom stereocenters. The van der Waals surface area contributed by atoms with Crippen LogP contribution in [0.1, 0.15) is 39.7 Å². The van der Waals surface area contributed by atoms with E-state index in [1.807, 2.05) is 13.8 Å². The van der Waals surface area contributed by atoms with Gasteiger partial charge >= 0.3 is 5.97 Å². The van der Waals surface area contributed by atoms with Crippen molar-refractivity contribution in [1.82, 2.24) is 9.97 Å². The van der Waals surface area contributed by atoms with Gasteiger partial charge in [0.15, 0.2) is 11.9 Å². The van der Waals surface area contributed by atoms with Crippen LogP contribution in [0.4, 0.5) is 0 Å². The average Bonchev–Trinajstić information content (AvgIpc) is 2.84. The highest BCUT2D eigenvalue weighted by molar-refractivity contribution is 9.10. The highest BCUT2D eigenvalue weighted by Crippen LogP contribution is 2.28. The molecule has 3 rings (SSSR count). The summed E-state index contributed by atoms with van der Waals surface area (Å²) in [6.45, 7) is 5.43. The highest BCUT2D eigenvalue weighted by Gasteiger charge is 2.20. The molecule has 0 aliphatic rings. The zero-order valence-electron chi connectivity index (χ0n) is 13.7. The fraction of sp³-hybridized carbons (Fsp3) is 0.235. The van der Waals surface area contributed by atoms with Crippen LogP contribution in [0.2, 0.25) is 0 Å². The molecule has 8 heteroatoms. The molecule has 2 N–H and O–H groups in total. The molecular weight excluding hydrogens is 408 g/mol. The molecule has 130 valence electrons. The van der Waals surface area contributed by atoms with E-state index in [9.17, 15) is 14.7 Å². The molecule has 0 radical (unpaired) electrons. The number of ether oxygens (including phenoxy) is 1. The predicted molar refractivity (Wildman–Crippen MR) is 99.4 cm³/mol. The zero-order valence-corrected chi connectivity index (χ0v) is 16.1. The van der Waals surface area contributed by atoms with Crippen molar-refractivity contribution in [1.29, 1.82) is 0 Å². The summed E-state index contributed by atoms with van der Waals surface area (Å²) in [6.07, 6.45) is -0.773. The maximum Gasteiger partial charge on any atom is 0.342 e. The van der Waals surface area contributed by atoms with Crippen molar-refractivity contribution in [2.24, 2.45) is 0 Å². The van der Waals surface area contributed by atoms with Gasteiger partial charge in [-0.3, -0.25) is 4.79 Å². The molecule has 2 heterocycles. The van der Waals surface area contributed by atoms with Gasteiger partial charge in [0.05, 0.1) is 5.39 Å². The van der Waals surface area contributed by atoms with Crippen molar-refractivity contribution >= 4 is 43.5 Å². The topological polar surface area (TPSA) is 92.3 Å². The van der Waals surface area contributed by atoms with E-state index < -0.39 is 12.1 Å². The van der Waals surface area contributed by atoms with Crippen molar-refractivity contribution in [2.75, 3.05) is 0 Å². The Labute approximate surface area is 155 Å². The lowest BCUT2D eigenvalue weighted by Crippen LogP contribution is -2.17.